The van der Waals surface area contributed by atoms with E-state index < -0.39 is 11.0 Å². The minimum Gasteiger partial charge on any atom is -0.487 e. The molecule has 0 saturated heterocycles. The quantitative estimate of drug-likeness (QED) is 0.807. The van der Waals surface area contributed by atoms with E-state index in [1.165, 1.54) is 0 Å². The maximum absolute atomic E-state index is 11.2. The Morgan fingerprint density at radius 2 is 2.00 bits per heavy atom. The van der Waals surface area contributed by atoms with Crippen molar-refractivity contribution in [3.05, 3.63) is 47.0 Å². The number of benzene rings is 1. The summed E-state index contributed by atoms with van der Waals surface area (Å²) in [5.41, 5.74) is -2.18. The van der Waals surface area contributed by atoms with Gasteiger partial charge in [-0.15, -0.1) is 6.42 Å². The Hall–Kier alpha value is -1.67. The molecule has 2 rings (SSSR count). The van der Waals surface area contributed by atoms with Crippen LogP contribution >= 0.6 is 23.2 Å². The maximum Gasteiger partial charge on any atom is 0.156 e. The van der Waals surface area contributed by atoms with Gasteiger partial charge in [0.2, 0.25) is 0 Å². The molecule has 1 atom stereocenters. The first-order valence-electron chi connectivity index (χ1n) is 7.02. The number of para-hydroxylation sites is 1. The fraction of sp³-hybridized carbons (Fsp3) is 0.353. The SMILES string of the molecule is C#CC(C)(C)C(O)(COc1c(Cl)cccc1Cl)Cn1ccnc1. The van der Waals surface area contributed by atoms with Crippen LogP contribution in [0, 0.1) is 17.8 Å². The summed E-state index contributed by atoms with van der Waals surface area (Å²) in [7, 11) is 0. The number of nitrogens with zero attached hydrogens (tertiary/aromatic N) is 2. The van der Waals surface area contributed by atoms with E-state index in [2.05, 4.69) is 10.9 Å². The lowest BCUT2D eigenvalue weighted by molar-refractivity contribution is -0.0827. The molecule has 0 saturated carbocycles. The Labute approximate surface area is 146 Å². The summed E-state index contributed by atoms with van der Waals surface area (Å²) >= 11 is 12.2. The minimum absolute atomic E-state index is 0.0637. The summed E-state index contributed by atoms with van der Waals surface area (Å²) in [5, 5.41) is 11.9. The molecule has 23 heavy (non-hydrogen) atoms. The predicted octanol–water partition coefficient (Wildman–Crippen LogP) is 3.66. The van der Waals surface area contributed by atoms with Gasteiger partial charge >= 0.3 is 0 Å². The largest absolute Gasteiger partial charge is 0.487 e. The van der Waals surface area contributed by atoms with Gasteiger partial charge in [0.1, 0.15) is 12.2 Å². The highest BCUT2D eigenvalue weighted by Gasteiger charge is 2.44. The molecule has 1 aromatic carbocycles. The highest BCUT2D eigenvalue weighted by Crippen LogP contribution is 2.36. The summed E-state index contributed by atoms with van der Waals surface area (Å²) in [5.74, 6) is 2.96. The van der Waals surface area contributed by atoms with Gasteiger partial charge < -0.3 is 14.4 Å². The van der Waals surface area contributed by atoms with E-state index in [4.69, 9.17) is 34.4 Å². The van der Waals surface area contributed by atoms with Gasteiger partial charge in [-0.05, 0) is 26.0 Å². The van der Waals surface area contributed by atoms with E-state index in [1.807, 2.05) is 0 Å². The average Bonchev–Trinajstić information content (AvgIpc) is 2.99. The van der Waals surface area contributed by atoms with Crippen molar-refractivity contribution >= 4 is 23.2 Å². The molecular formula is C17H18Cl2N2O2. The van der Waals surface area contributed by atoms with Crippen molar-refractivity contribution in [1.82, 2.24) is 9.55 Å². The lowest BCUT2D eigenvalue weighted by Gasteiger charge is -2.39. The lowest BCUT2D eigenvalue weighted by Crippen LogP contribution is -2.52. The van der Waals surface area contributed by atoms with E-state index in [-0.39, 0.29) is 13.2 Å². The molecule has 0 aliphatic rings. The summed E-state index contributed by atoms with van der Waals surface area (Å²) in [6.45, 7) is 3.72. The standard InChI is InChI=1S/C17H18Cl2N2O2/c1-4-16(2,3)17(22,10-21-9-8-20-12-21)11-23-15-13(18)6-5-7-14(15)19/h1,5-9,12,22H,10-11H2,2-3H3. The number of terminal acetylenes is 1. The van der Waals surface area contributed by atoms with E-state index in [0.717, 1.165) is 0 Å². The van der Waals surface area contributed by atoms with Gasteiger partial charge in [0.25, 0.3) is 0 Å². The first-order valence-corrected chi connectivity index (χ1v) is 7.77. The number of aromatic nitrogens is 2. The molecule has 6 heteroatoms. The second-order valence-electron chi connectivity index (χ2n) is 5.88. The zero-order valence-corrected chi connectivity index (χ0v) is 14.5. The van der Waals surface area contributed by atoms with Gasteiger partial charge in [0, 0.05) is 12.4 Å². The molecule has 1 heterocycles. The molecule has 1 unspecified atom stereocenters. The molecule has 122 valence electrons. The highest BCUT2D eigenvalue weighted by molar-refractivity contribution is 6.37. The zero-order chi connectivity index (χ0) is 17.1. The van der Waals surface area contributed by atoms with Gasteiger partial charge in [0.15, 0.2) is 5.75 Å². The van der Waals surface area contributed by atoms with Crippen LogP contribution in [0.25, 0.3) is 0 Å². The van der Waals surface area contributed by atoms with E-state index in [9.17, 15) is 5.11 Å². The Morgan fingerprint density at radius 1 is 1.35 bits per heavy atom. The first-order chi connectivity index (χ1) is 10.8. The number of halogens is 2. The summed E-state index contributed by atoms with van der Waals surface area (Å²) < 4.78 is 7.47. The van der Waals surface area contributed by atoms with Gasteiger partial charge in [-0.3, -0.25) is 0 Å². The van der Waals surface area contributed by atoms with E-state index >= 15 is 0 Å². The molecule has 1 N–H and O–H groups in total. The lowest BCUT2D eigenvalue weighted by atomic mass is 9.75. The normalized spacial score (nSPS) is 14.1. The predicted molar refractivity (Wildman–Crippen MR) is 91.7 cm³/mol. The molecule has 0 amide bonds. The van der Waals surface area contributed by atoms with Gasteiger partial charge in [0.05, 0.1) is 28.3 Å². The monoisotopic (exact) mass is 352 g/mol. The third kappa shape index (κ3) is 3.81. The van der Waals surface area contributed by atoms with Crippen molar-refractivity contribution in [3.63, 3.8) is 0 Å². The van der Waals surface area contributed by atoms with Crippen LogP contribution in [0.15, 0.2) is 36.9 Å². The molecular weight excluding hydrogens is 335 g/mol. The number of rotatable bonds is 6. The Morgan fingerprint density at radius 3 is 2.52 bits per heavy atom. The van der Waals surface area contributed by atoms with Crippen LogP contribution in [0.4, 0.5) is 0 Å². The van der Waals surface area contributed by atoms with Gasteiger partial charge in [-0.25, -0.2) is 4.98 Å². The van der Waals surface area contributed by atoms with Gasteiger partial charge in [-0.1, -0.05) is 35.2 Å². The molecule has 0 bridgehead atoms. The number of hydrogen-bond acceptors (Lipinski definition) is 3. The van der Waals surface area contributed by atoms with Crippen LogP contribution in [0.5, 0.6) is 5.75 Å². The van der Waals surface area contributed by atoms with Crippen LogP contribution in [0.1, 0.15) is 13.8 Å². The van der Waals surface area contributed by atoms with Crippen LogP contribution in [-0.2, 0) is 6.54 Å². The van der Waals surface area contributed by atoms with Crippen LogP contribution in [0.3, 0.4) is 0 Å². The first kappa shape index (κ1) is 17.7. The van der Waals surface area contributed by atoms with Crippen molar-refractivity contribution in [2.45, 2.75) is 26.0 Å². The minimum atomic E-state index is -1.34. The Balaban J connectivity index is 2.27. The van der Waals surface area contributed by atoms with Gasteiger partial charge in [-0.2, -0.15) is 0 Å². The maximum atomic E-state index is 11.2. The van der Waals surface area contributed by atoms with Crippen molar-refractivity contribution in [1.29, 1.82) is 0 Å². The fourth-order valence-corrected chi connectivity index (χ4v) is 2.56. The third-order valence-corrected chi connectivity index (χ3v) is 4.50. The molecule has 2 aromatic rings. The number of ether oxygens (including phenoxy) is 1. The van der Waals surface area contributed by atoms with Crippen molar-refractivity contribution in [2.75, 3.05) is 6.61 Å². The molecule has 0 aliphatic carbocycles. The summed E-state index contributed by atoms with van der Waals surface area (Å²) in [6.07, 6.45) is 10.6. The molecule has 0 fully saturated rings. The summed E-state index contributed by atoms with van der Waals surface area (Å²) in [6, 6.07) is 5.06. The molecule has 4 nitrogen and oxygen atoms in total. The molecule has 0 aliphatic heterocycles. The average molecular weight is 353 g/mol. The van der Waals surface area contributed by atoms with Crippen LogP contribution in [-0.4, -0.2) is 26.9 Å². The number of aliphatic hydroxyl groups is 1. The van der Waals surface area contributed by atoms with E-state index in [1.54, 1.807) is 55.3 Å². The molecule has 0 radical (unpaired) electrons. The fourth-order valence-electron chi connectivity index (χ4n) is 2.05. The van der Waals surface area contributed by atoms with Crippen molar-refractivity contribution in [3.8, 4) is 18.1 Å². The number of imidazole rings is 1. The van der Waals surface area contributed by atoms with Crippen LogP contribution in [0.2, 0.25) is 10.0 Å². The Kier molecular flexibility index (Phi) is 5.26. The van der Waals surface area contributed by atoms with Crippen molar-refractivity contribution in [2.24, 2.45) is 5.41 Å². The number of hydrogen-bond donors (Lipinski definition) is 1. The molecule has 1 aromatic heterocycles. The smallest absolute Gasteiger partial charge is 0.156 e. The second-order valence-corrected chi connectivity index (χ2v) is 6.69. The summed E-state index contributed by atoms with van der Waals surface area (Å²) in [4.78, 5) is 3.98. The van der Waals surface area contributed by atoms with Crippen molar-refractivity contribution < 1.29 is 9.84 Å². The third-order valence-electron chi connectivity index (χ3n) is 3.90. The van der Waals surface area contributed by atoms with Crippen LogP contribution < -0.4 is 4.74 Å². The Bertz CT molecular complexity index is 688. The zero-order valence-electron chi connectivity index (χ0n) is 13.0. The second kappa shape index (κ2) is 6.84. The topological polar surface area (TPSA) is 47.3 Å². The van der Waals surface area contributed by atoms with E-state index in [0.29, 0.717) is 15.8 Å². The highest BCUT2D eigenvalue weighted by atomic mass is 35.5. The molecule has 0 spiro atoms.